The van der Waals surface area contributed by atoms with Gasteiger partial charge in [0, 0.05) is 30.4 Å². The Morgan fingerprint density at radius 1 is 1.04 bits per heavy atom. The summed E-state index contributed by atoms with van der Waals surface area (Å²) >= 11 is 1.91. The fourth-order valence-electron chi connectivity index (χ4n) is 3.46. The van der Waals surface area contributed by atoms with Crippen molar-refractivity contribution in [2.75, 3.05) is 13.1 Å². The summed E-state index contributed by atoms with van der Waals surface area (Å²) < 4.78 is 0. The lowest BCUT2D eigenvalue weighted by molar-refractivity contribution is 0.218. The average Bonchev–Trinajstić information content (AvgIpc) is 3.10. The van der Waals surface area contributed by atoms with Gasteiger partial charge in [0.05, 0.1) is 6.04 Å². The highest BCUT2D eigenvalue weighted by atomic mass is 32.1. The third-order valence-electron chi connectivity index (χ3n) is 4.62. The van der Waals surface area contributed by atoms with Crippen molar-refractivity contribution >= 4 is 11.3 Å². The van der Waals surface area contributed by atoms with Gasteiger partial charge in [-0.15, -0.1) is 11.3 Å². The zero-order valence-electron chi connectivity index (χ0n) is 13.1. The Morgan fingerprint density at radius 3 is 2.70 bits per heavy atom. The third kappa shape index (κ3) is 3.07. The molecule has 1 aliphatic rings. The van der Waals surface area contributed by atoms with Crippen LogP contribution < -0.4 is 0 Å². The van der Waals surface area contributed by atoms with Gasteiger partial charge < -0.3 is 0 Å². The second kappa shape index (κ2) is 6.65. The van der Waals surface area contributed by atoms with Gasteiger partial charge in [0.1, 0.15) is 0 Å². The van der Waals surface area contributed by atoms with Gasteiger partial charge in [-0.25, -0.2) is 0 Å². The molecular formula is C20H20N2S. The van der Waals surface area contributed by atoms with Crippen LogP contribution in [-0.2, 0) is 12.8 Å². The third-order valence-corrected chi connectivity index (χ3v) is 5.61. The van der Waals surface area contributed by atoms with E-state index in [9.17, 15) is 0 Å². The maximum Gasteiger partial charge on any atom is 0.0612 e. The van der Waals surface area contributed by atoms with Crippen molar-refractivity contribution in [3.05, 3.63) is 87.9 Å². The molecule has 0 radical (unpaired) electrons. The van der Waals surface area contributed by atoms with E-state index in [0.29, 0.717) is 6.04 Å². The summed E-state index contributed by atoms with van der Waals surface area (Å²) in [6.45, 7) is 2.22. The summed E-state index contributed by atoms with van der Waals surface area (Å²) in [5.74, 6) is 0. The van der Waals surface area contributed by atoms with Crippen molar-refractivity contribution in [2.45, 2.75) is 18.9 Å². The molecule has 3 aromatic rings. The number of pyridine rings is 1. The normalized spacial score (nSPS) is 17.8. The Kier molecular flexibility index (Phi) is 4.22. The van der Waals surface area contributed by atoms with Crippen molar-refractivity contribution in [1.82, 2.24) is 9.88 Å². The zero-order valence-corrected chi connectivity index (χ0v) is 13.9. The first-order valence-corrected chi connectivity index (χ1v) is 9.04. The number of aromatic nitrogens is 1. The largest absolute Gasteiger partial charge is 0.292 e. The molecule has 23 heavy (non-hydrogen) atoms. The molecule has 0 N–H and O–H groups in total. The second-order valence-corrected chi connectivity index (χ2v) is 7.00. The fourth-order valence-corrected chi connectivity index (χ4v) is 4.36. The van der Waals surface area contributed by atoms with Gasteiger partial charge in [-0.2, -0.15) is 0 Å². The van der Waals surface area contributed by atoms with E-state index in [1.54, 1.807) is 4.88 Å². The molecule has 0 aliphatic carbocycles. The van der Waals surface area contributed by atoms with Crippen molar-refractivity contribution in [3.8, 4) is 0 Å². The quantitative estimate of drug-likeness (QED) is 0.711. The number of fused-ring (bicyclic) bond motifs is 1. The molecule has 0 fully saturated rings. The minimum Gasteiger partial charge on any atom is -0.292 e. The van der Waals surface area contributed by atoms with Crippen molar-refractivity contribution in [2.24, 2.45) is 0 Å². The van der Waals surface area contributed by atoms with Gasteiger partial charge in [0.2, 0.25) is 0 Å². The van der Waals surface area contributed by atoms with E-state index >= 15 is 0 Å². The molecule has 1 unspecified atom stereocenters. The Morgan fingerprint density at radius 2 is 1.87 bits per heavy atom. The molecule has 2 aromatic heterocycles. The van der Waals surface area contributed by atoms with Crippen molar-refractivity contribution in [1.29, 1.82) is 0 Å². The van der Waals surface area contributed by atoms with Crippen LogP contribution in [0.2, 0.25) is 0 Å². The van der Waals surface area contributed by atoms with Crippen LogP contribution in [-0.4, -0.2) is 23.0 Å². The molecule has 0 bridgehead atoms. The Bertz CT molecular complexity index is 752. The van der Waals surface area contributed by atoms with Crippen molar-refractivity contribution < 1.29 is 0 Å². The van der Waals surface area contributed by atoms with Gasteiger partial charge in [0.15, 0.2) is 0 Å². The molecule has 0 saturated carbocycles. The highest BCUT2D eigenvalue weighted by Crippen LogP contribution is 2.37. The number of thiophene rings is 1. The molecular weight excluding hydrogens is 300 g/mol. The molecule has 4 rings (SSSR count). The first kappa shape index (κ1) is 14.6. The number of rotatable bonds is 4. The predicted octanol–water partition coefficient (Wildman–Crippen LogP) is 4.33. The molecule has 0 amide bonds. The van der Waals surface area contributed by atoms with Gasteiger partial charge >= 0.3 is 0 Å². The SMILES string of the molecule is c1ccc(C2c3ccsc3CCN2CCc2ccncc2)cc1. The van der Waals surface area contributed by atoms with Crippen LogP contribution in [0.4, 0.5) is 0 Å². The van der Waals surface area contributed by atoms with E-state index in [0.717, 1.165) is 19.5 Å². The van der Waals surface area contributed by atoms with Crippen LogP contribution in [0.15, 0.2) is 66.3 Å². The van der Waals surface area contributed by atoms with Crippen LogP contribution in [0.3, 0.4) is 0 Å². The number of hydrogen-bond acceptors (Lipinski definition) is 3. The van der Waals surface area contributed by atoms with Gasteiger partial charge in [-0.05, 0) is 53.1 Å². The standard InChI is InChI=1S/C20H20N2S/c1-2-4-17(5-3-1)20-18-10-15-23-19(18)9-14-22(20)13-8-16-6-11-21-12-7-16/h1-7,10-12,15,20H,8-9,13-14H2. The van der Waals surface area contributed by atoms with Crippen LogP contribution in [0.1, 0.15) is 27.6 Å². The van der Waals surface area contributed by atoms with E-state index < -0.39 is 0 Å². The van der Waals surface area contributed by atoms with E-state index in [2.05, 4.69) is 63.8 Å². The van der Waals surface area contributed by atoms with Gasteiger partial charge in [-0.1, -0.05) is 30.3 Å². The van der Waals surface area contributed by atoms with E-state index in [1.807, 2.05) is 23.7 Å². The maximum atomic E-state index is 4.11. The minimum atomic E-state index is 0.396. The van der Waals surface area contributed by atoms with Gasteiger partial charge in [-0.3, -0.25) is 9.88 Å². The van der Waals surface area contributed by atoms with Crippen LogP contribution >= 0.6 is 11.3 Å². The van der Waals surface area contributed by atoms with Crippen LogP contribution in [0.25, 0.3) is 0 Å². The molecule has 0 saturated heterocycles. The number of benzene rings is 1. The molecule has 1 aromatic carbocycles. The lowest BCUT2D eigenvalue weighted by atomic mass is 9.93. The van der Waals surface area contributed by atoms with E-state index in [4.69, 9.17) is 0 Å². The Labute approximate surface area is 141 Å². The van der Waals surface area contributed by atoms with Crippen molar-refractivity contribution in [3.63, 3.8) is 0 Å². The summed E-state index contributed by atoms with van der Waals surface area (Å²) in [6.07, 6.45) is 6.02. The van der Waals surface area contributed by atoms with E-state index in [1.165, 1.54) is 23.1 Å². The molecule has 1 aliphatic heterocycles. The summed E-state index contributed by atoms with van der Waals surface area (Å²) in [5.41, 5.74) is 4.27. The Hall–Kier alpha value is -1.97. The highest BCUT2D eigenvalue weighted by molar-refractivity contribution is 7.10. The summed E-state index contributed by atoms with van der Waals surface area (Å²) in [7, 11) is 0. The molecule has 0 spiro atoms. The lowest BCUT2D eigenvalue weighted by Crippen LogP contribution is -2.36. The molecule has 2 nitrogen and oxygen atoms in total. The monoisotopic (exact) mass is 320 g/mol. The summed E-state index contributed by atoms with van der Waals surface area (Å²) in [4.78, 5) is 8.30. The van der Waals surface area contributed by atoms with Crippen LogP contribution in [0.5, 0.6) is 0 Å². The predicted molar refractivity (Wildman–Crippen MR) is 95.8 cm³/mol. The lowest BCUT2D eigenvalue weighted by Gasteiger charge is -2.36. The van der Waals surface area contributed by atoms with E-state index in [-0.39, 0.29) is 0 Å². The number of hydrogen-bond donors (Lipinski definition) is 0. The summed E-state index contributed by atoms with van der Waals surface area (Å²) in [5, 5.41) is 2.24. The highest BCUT2D eigenvalue weighted by Gasteiger charge is 2.29. The summed E-state index contributed by atoms with van der Waals surface area (Å²) in [6, 6.07) is 17.9. The molecule has 1 atom stereocenters. The van der Waals surface area contributed by atoms with Gasteiger partial charge in [0.25, 0.3) is 0 Å². The smallest absolute Gasteiger partial charge is 0.0612 e. The Balaban J connectivity index is 1.60. The second-order valence-electron chi connectivity index (χ2n) is 6.00. The fraction of sp³-hybridized carbons (Fsp3) is 0.250. The molecule has 116 valence electrons. The minimum absolute atomic E-state index is 0.396. The number of nitrogens with zero attached hydrogens (tertiary/aromatic N) is 2. The average molecular weight is 320 g/mol. The first-order chi connectivity index (χ1) is 11.4. The topological polar surface area (TPSA) is 16.1 Å². The molecule has 3 heterocycles. The zero-order chi connectivity index (χ0) is 15.5. The molecule has 3 heteroatoms. The first-order valence-electron chi connectivity index (χ1n) is 8.16. The van der Waals surface area contributed by atoms with Crippen LogP contribution in [0, 0.1) is 0 Å². The maximum absolute atomic E-state index is 4.11.